The van der Waals surface area contributed by atoms with Crippen LogP contribution in [0.5, 0.6) is 0 Å². The summed E-state index contributed by atoms with van der Waals surface area (Å²) in [6.07, 6.45) is 1.63. The lowest BCUT2D eigenvalue weighted by molar-refractivity contribution is 0.249. The number of hydrogen-bond donors (Lipinski definition) is 2. The van der Waals surface area contributed by atoms with Crippen molar-refractivity contribution in [3.8, 4) is 0 Å². The first-order valence-electron chi connectivity index (χ1n) is 6.11. The topological polar surface area (TPSA) is 58.2 Å². The maximum Gasteiger partial charge on any atom is 0.320 e. The van der Waals surface area contributed by atoms with Crippen LogP contribution in [0, 0.1) is 0 Å². The van der Waals surface area contributed by atoms with Crippen molar-refractivity contribution in [3.05, 3.63) is 53.4 Å². The number of benzene rings is 1. The van der Waals surface area contributed by atoms with Crippen LogP contribution < -0.4 is 10.6 Å². The molecule has 106 valence electrons. The first-order valence-corrected chi connectivity index (χ1v) is 8.72. The molecule has 2 rings (SSSR count). The van der Waals surface area contributed by atoms with Crippen molar-refractivity contribution in [2.45, 2.75) is 6.04 Å². The number of amides is 2. The van der Waals surface area contributed by atoms with Crippen LogP contribution in [0.4, 0.5) is 9.80 Å². The Morgan fingerprint density at radius 1 is 1.25 bits per heavy atom. The van der Waals surface area contributed by atoms with Gasteiger partial charge in [-0.1, -0.05) is 30.3 Å². The largest absolute Gasteiger partial charge is 0.330 e. The molecule has 0 aliphatic rings. The lowest BCUT2D eigenvalue weighted by atomic mass is 10.1. The SMILES string of the molecule is C[S@@](=O)C[C@@H](NC(=O)Nc1cccs1)c1ccccc1. The highest BCUT2D eigenvalue weighted by atomic mass is 32.2. The highest BCUT2D eigenvalue weighted by Crippen LogP contribution is 2.17. The summed E-state index contributed by atoms with van der Waals surface area (Å²) in [6, 6.07) is 12.7. The standard InChI is InChI=1S/C14H16N2O2S2/c1-20(18)10-12(11-6-3-2-4-7-11)15-14(17)16-13-8-5-9-19-13/h2-9,12H,10H2,1H3,(H2,15,16,17)/t12-,20-/m1/s1. The predicted molar refractivity (Wildman–Crippen MR) is 84.6 cm³/mol. The zero-order valence-corrected chi connectivity index (χ0v) is 12.7. The van der Waals surface area contributed by atoms with Crippen molar-refractivity contribution < 1.29 is 9.00 Å². The zero-order valence-electron chi connectivity index (χ0n) is 11.0. The molecule has 2 atom stereocenters. The normalized spacial score (nSPS) is 13.4. The van der Waals surface area contributed by atoms with Crippen LogP contribution in [0.3, 0.4) is 0 Å². The van der Waals surface area contributed by atoms with Crippen LogP contribution in [0.25, 0.3) is 0 Å². The minimum Gasteiger partial charge on any atom is -0.330 e. The van der Waals surface area contributed by atoms with E-state index in [4.69, 9.17) is 0 Å². The van der Waals surface area contributed by atoms with Gasteiger partial charge in [-0.25, -0.2) is 4.79 Å². The summed E-state index contributed by atoms with van der Waals surface area (Å²) in [4.78, 5) is 12.0. The highest BCUT2D eigenvalue weighted by Gasteiger charge is 2.16. The summed E-state index contributed by atoms with van der Waals surface area (Å²) in [5.41, 5.74) is 0.948. The van der Waals surface area contributed by atoms with Crippen molar-refractivity contribution in [1.29, 1.82) is 0 Å². The molecular weight excluding hydrogens is 292 g/mol. The van der Waals surface area contributed by atoms with E-state index in [9.17, 15) is 9.00 Å². The fraction of sp³-hybridized carbons (Fsp3) is 0.214. The Hall–Kier alpha value is -1.66. The maximum atomic E-state index is 12.0. The Bertz CT molecular complexity index is 570. The molecule has 0 aliphatic heterocycles. The lowest BCUT2D eigenvalue weighted by Gasteiger charge is -2.18. The number of urea groups is 1. The van der Waals surface area contributed by atoms with E-state index in [0.29, 0.717) is 5.75 Å². The van der Waals surface area contributed by atoms with Crippen LogP contribution in [-0.4, -0.2) is 22.2 Å². The minimum absolute atomic E-state index is 0.262. The molecule has 0 radical (unpaired) electrons. The summed E-state index contributed by atoms with van der Waals surface area (Å²) in [5.74, 6) is 0.391. The average molecular weight is 308 g/mol. The first kappa shape index (κ1) is 14.7. The second-order valence-electron chi connectivity index (χ2n) is 4.28. The van der Waals surface area contributed by atoms with E-state index in [1.165, 1.54) is 11.3 Å². The molecule has 2 N–H and O–H groups in total. The van der Waals surface area contributed by atoms with Crippen LogP contribution >= 0.6 is 11.3 Å². The smallest absolute Gasteiger partial charge is 0.320 e. The van der Waals surface area contributed by atoms with Crippen LogP contribution in [-0.2, 0) is 10.8 Å². The van der Waals surface area contributed by atoms with Gasteiger partial charge in [-0.15, -0.1) is 11.3 Å². The molecular formula is C14H16N2O2S2. The van der Waals surface area contributed by atoms with Crippen LogP contribution in [0.1, 0.15) is 11.6 Å². The summed E-state index contributed by atoms with van der Waals surface area (Å²) in [7, 11) is -0.991. The number of hydrogen-bond acceptors (Lipinski definition) is 3. The van der Waals surface area contributed by atoms with Gasteiger partial charge in [-0.2, -0.15) is 0 Å². The second-order valence-corrected chi connectivity index (χ2v) is 6.71. The number of rotatable bonds is 5. The van der Waals surface area contributed by atoms with Crippen LogP contribution in [0.2, 0.25) is 0 Å². The molecule has 1 aromatic heterocycles. The van der Waals surface area contributed by atoms with Crippen LogP contribution in [0.15, 0.2) is 47.8 Å². The molecule has 0 aliphatic carbocycles. The third kappa shape index (κ3) is 4.47. The van der Waals surface area contributed by atoms with Gasteiger partial charge >= 0.3 is 6.03 Å². The number of thiophene rings is 1. The van der Waals surface area contributed by atoms with Gasteiger partial charge in [-0.3, -0.25) is 9.53 Å². The van der Waals surface area contributed by atoms with Crippen molar-refractivity contribution in [3.63, 3.8) is 0 Å². The number of carbonyl (C=O) groups excluding carboxylic acids is 1. The second kappa shape index (κ2) is 7.21. The van der Waals surface area contributed by atoms with Gasteiger partial charge in [0.05, 0.1) is 11.0 Å². The fourth-order valence-electron chi connectivity index (χ4n) is 1.80. The van der Waals surface area contributed by atoms with Gasteiger partial charge in [0, 0.05) is 22.8 Å². The van der Waals surface area contributed by atoms with Gasteiger partial charge in [0.2, 0.25) is 0 Å². The molecule has 0 fully saturated rings. The highest BCUT2D eigenvalue weighted by molar-refractivity contribution is 7.84. The summed E-state index contributed by atoms with van der Waals surface area (Å²) >= 11 is 1.46. The van der Waals surface area contributed by atoms with E-state index < -0.39 is 10.8 Å². The minimum atomic E-state index is -0.991. The third-order valence-corrected chi connectivity index (χ3v) is 4.25. The van der Waals surface area contributed by atoms with Gasteiger partial charge in [0.25, 0.3) is 0 Å². The lowest BCUT2D eigenvalue weighted by Crippen LogP contribution is -2.35. The Morgan fingerprint density at radius 2 is 2.00 bits per heavy atom. The zero-order chi connectivity index (χ0) is 14.4. The van der Waals surface area contributed by atoms with E-state index in [-0.39, 0.29) is 12.1 Å². The van der Waals surface area contributed by atoms with Gasteiger partial charge in [0.15, 0.2) is 0 Å². The monoisotopic (exact) mass is 308 g/mol. The van der Waals surface area contributed by atoms with Crippen molar-refractivity contribution in [2.75, 3.05) is 17.3 Å². The third-order valence-electron chi connectivity index (χ3n) is 2.67. The molecule has 0 spiro atoms. The summed E-state index contributed by atoms with van der Waals surface area (Å²) < 4.78 is 11.5. The van der Waals surface area contributed by atoms with Crippen molar-refractivity contribution >= 4 is 33.2 Å². The molecule has 1 aromatic carbocycles. The Labute approximate surface area is 124 Å². The van der Waals surface area contributed by atoms with Gasteiger partial charge < -0.3 is 5.32 Å². The number of carbonyl (C=O) groups is 1. The Balaban J connectivity index is 2.04. The molecule has 6 heteroatoms. The molecule has 2 amide bonds. The average Bonchev–Trinajstić information content (AvgIpc) is 2.91. The molecule has 0 saturated carbocycles. The molecule has 0 bridgehead atoms. The number of anilines is 1. The van der Waals surface area contributed by atoms with E-state index in [1.807, 2.05) is 47.8 Å². The molecule has 20 heavy (non-hydrogen) atoms. The van der Waals surface area contributed by atoms with E-state index >= 15 is 0 Å². The summed E-state index contributed by atoms with van der Waals surface area (Å²) in [6.45, 7) is 0. The molecule has 4 nitrogen and oxygen atoms in total. The Kier molecular flexibility index (Phi) is 5.31. The van der Waals surface area contributed by atoms with Crippen molar-refractivity contribution in [2.24, 2.45) is 0 Å². The van der Waals surface area contributed by atoms with Gasteiger partial charge in [-0.05, 0) is 23.1 Å². The van der Waals surface area contributed by atoms with E-state index in [0.717, 1.165) is 10.6 Å². The predicted octanol–water partition coefficient (Wildman–Crippen LogP) is 2.99. The van der Waals surface area contributed by atoms with E-state index in [2.05, 4.69) is 10.6 Å². The first-order chi connectivity index (χ1) is 9.65. The molecule has 0 unspecified atom stereocenters. The molecule has 0 saturated heterocycles. The van der Waals surface area contributed by atoms with Crippen molar-refractivity contribution in [1.82, 2.24) is 5.32 Å². The van der Waals surface area contributed by atoms with Gasteiger partial charge in [0.1, 0.15) is 0 Å². The quantitative estimate of drug-likeness (QED) is 0.892. The molecule has 2 aromatic rings. The fourth-order valence-corrected chi connectivity index (χ4v) is 3.15. The molecule has 1 heterocycles. The van der Waals surface area contributed by atoms with E-state index in [1.54, 1.807) is 6.26 Å². The number of nitrogens with one attached hydrogen (secondary N) is 2. The summed E-state index contributed by atoms with van der Waals surface area (Å²) in [5, 5.41) is 8.31. The Morgan fingerprint density at radius 3 is 2.60 bits per heavy atom. The maximum absolute atomic E-state index is 12.0.